The Kier molecular flexibility index (Phi) is 5.79. The summed E-state index contributed by atoms with van der Waals surface area (Å²) in [5, 5.41) is 3.51. The molecule has 0 bridgehead atoms. The van der Waals surface area contributed by atoms with Crippen LogP contribution in [-0.2, 0) is 6.54 Å². The third kappa shape index (κ3) is 4.26. The topological polar surface area (TPSA) is 55.6 Å². The van der Waals surface area contributed by atoms with Crippen molar-refractivity contribution in [2.75, 3.05) is 5.32 Å². The van der Waals surface area contributed by atoms with Gasteiger partial charge in [-0.25, -0.2) is 14.2 Å². The lowest BCUT2D eigenvalue weighted by Crippen LogP contribution is -2.10. The van der Waals surface area contributed by atoms with Crippen LogP contribution in [0.15, 0.2) is 97.2 Å². The van der Waals surface area contributed by atoms with Gasteiger partial charge in [0, 0.05) is 18.3 Å². The Morgan fingerprint density at radius 3 is 2.59 bits per heavy atom. The van der Waals surface area contributed by atoms with Crippen molar-refractivity contribution in [3.8, 4) is 17.0 Å². The van der Waals surface area contributed by atoms with E-state index < -0.39 is 11.8 Å². The highest BCUT2D eigenvalue weighted by molar-refractivity contribution is 5.92. The summed E-state index contributed by atoms with van der Waals surface area (Å²) in [6.45, 7) is 2.60. The third-order valence-corrected chi connectivity index (χ3v) is 5.55. The molecule has 0 aliphatic carbocycles. The zero-order chi connectivity index (χ0) is 23.5. The molecule has 3 aromatic carbocycles. The largest absolute Gasteiger partial charge is 0.422 e. The number of benzene rings is 3. The number of rotatable bonds is 6. The van der Waals surface area contributed by atoms with Gasteiger partial charge in [0.15, 0.2) is 0 Å². The van der Waals surface area contributed by atoms with Crippen molar-refractivity contribution in [1.29, 1.82) is 0 Å². The summed E-state index contributed by atoms with van der Waals surface area (Å²) in [6.07, 6.45) is 1.95. The van der Waals surface area contributed by atoms with Gasteiger partial charge in [-0.05, 0) is 54.4 Å². The number of carbonyl (C=O) groups is 1. The monoisotopic (exact) mass is 451 g/mol. The molecule has 0 spiro atoms. The van der Waals surface area contributed by atoms with Crippen molar-refractivity contribution >= 4 is 17.4 Å². The van der Waals surface area contributed by atoms with E-state index in [1.165, 1.54) is 18.2 Å². The fourth-order valence-electron chi connectivity index (χ4n) is 3.87. The number of fused-ring (bicyclic) bond motifs is 1. The highest BCUT2D eigenvalue weighted by Crippen LogP contribution is 2.36. The van der Waals surface area contributed by atoms with Crippen molar-refractivity contribution in [2.24, 2.45) is 0 Å². The van der Waals surface area contributed by atoms with Gasteiger partial charge in [-0.3, -0.25) is 4.40 Å². The molecule has 6 heteroatoms. The van der Waals surface area contributed by atoms with Crippen LogP contribution in [0.5, 0.6) is 5.75 Å². The van der Waals surface area contributed by atoms with Gasteiger partial charge in [-0.2, -0.15) is 0 Å². The Bertz CT molecular complexity index is 1480. The minimum absolute atomic E-state index is 0.142. The number of hydrogen-bond donors (Lipinski definition) is 1. The fourth-order valence-corrected chi connectivity index (χ4v) is 3.87. The first kappa shape index (κ1) is 21.4. The third-order valence-electron chi connectivity index (χ3n) is 5.55. The van der Waals surface area contributed by atoms with Crippen molar-refractivity contribution in [3.05, 3.63) is 120 Å². The normalized spacial score (nSPS) is 10.9. The van der Waals surface area contributed by atoms with E-state index in [0.717, 1.165) is 28.7 Å². The van der Waals surface area contributed by atoms with E-state index in [1.807, 2.05) is 60.0 Å². The summed E-state index contributed by atoms with van der Waals surface area (Å²) in [6, 6.07) is 26.7. The van der Waals surface area contributed by atoms with Crippen LogP contribution in [0.2, 0.25) is 0 Å². The molecule has 2 heterocycles. The number of hydrogen-bond acceptors (Lipinski definition) is 4. The van der Waals surface area contributed by atoms with Gasteiger partial charge in [-0.15, -0.1) is 0 Å². The van der Waals surface area contributed by atoms with Gasteiger partial charge in [0.25, 0.3) is 0 Å². The van der Waals surface area contributed by atoms with Crippen LogP contribution in [0.4, 0.5) is 10.2 Å². The quantitative estimate of drug-likeness (QED) is 0.244. The van der Waals surface area contributed by atoms with Gasteiger partial charge >= 0.3 is 5.97 Å². The first-order chi connectivity index (χ1) is 16.6. The minimum atomic E-state index is -0.634. The van der Waals surface area contributed by atoms with Gasteiger partial charge in [0.05, 0.1) is 5.56 Å². The number of carbonyl (C=O) groups excluding carboxylic acids is 1. The molecule has 5 rings (SSSR count). The number of aromatic nitrogens is 2. The zero-order valence-corrected chi connectivity index (χ0v) is 18.5. The molecule has 0 radical (unpaired) electrons. The lowest BCUT2D eigenvalue weighted by Gasteiger charge is -2.12. The highest BCUT2D eigenvalue weighted by atomic mass is 19.1. The molecule has 0 aliphatic rings. The minimum Gasteiger partial charge on any atom is -0.422 e. The maximum absolute atomic E-state index is 13.6. The molecular weight excluding hydrogens is 429 g/mol. The molecule has 0 saturated carbocycles. The summed E-state index contributed by atoms with van der Waals surface area (Å²) >= 11 is 0. The predicted molar refractivity (Wildman–Crippen MR) is 130 cm³/mol. The molecule has 34 heavy (non-hydrogen) atoms. The van der Waals surface area contributed by atoms with Crippen molar-refractivity contribution in [2.45, 2.75) is 13.5 Å². The Labute approximate surface area is 196 Å². The predicted octanol–water partition coefficient (Wildman–Crippen LogP) is 6.28. The van der Waals surface area contributed by atoms with Gasteiger partial charge in [-0.1, -0.05) is 54.6 Å². The average Bonchev–Trinajstić information content (AvgIpc) is 3.23. The van der Waals surface area contributed by atoms with E-state index in [4.69, 9.17) is 9.72 Å². The Morgan fingerprint density at radius 1 is 0.971 bits per heavy atom. The Balaban J connectivity index is 1.56. The van der Waals surface area contributed by atoms with Crippen LogP contribution in [0.3, 0.4) is 0 Å². The molecular formula is C28H22FN3O2. The van der Waals surface area contributed by atoms with Crippen molar-refractivity contribution in [3.63, 3.8) is 0 Å². The lowest BCUT2D eigenvalue weighted by atomic mass is 10.1. The van der Waals surface area contributed by atoms with Crippen LogP contribution in [-0.4, -0.2) is 15.4 Å². The first-order valence-corrected chi connectivity index (χ1v) is 10.9. The number of ether oxygens (including phenoxy) is 1. The van der Waals surface area contributed by atoms with E-state index >= 15 is 0 Å². The average molecular weight is 452 g/mol. The number of halogens is 1. The zero-order valence-electron chi connectivity index (χ0n) is 18.5. The SMILES string of the molecule is Cc1cccn2c(NCc3ccccc3)c(-c3ccccc3OC(=O)c3cccc(F)c3)nc12. The highest BCUT2D eigenvalue weighted by Gasteiger charge is 2.20. The molecule has 0 aliphatic heterocycles. The Morgan fingerprint density at radius 2 is 1.76 bits per heavy atom. The Hall–Kier alpha value is -4.45. The molecule has 5 nitrogen and oxygen atoms in total. The van der Waals surface area contributed by atoms with E-state index in [2.05, 4.69) is 17.4 Å². The van der Waals surface area contributed by atoms with Crippen molar-refractivity contribution in [1.82, 2.24) is 9.38 Å². The standard InChI is InChI=1S/C28H22FN3O2/c1-19-9-8-16-32-26(19)31-25(27(32)30-18-20-10-3-2-4-11-20)23-14-5-6-15-24(23)34-28(33)21-12-7-13-22(29)17-21/h2-17,30H,18H2,1H3. The van der Waals surface area contributed by atoms with E-state index in [9.17, 15) is 9.18 Å². The summed E-state index contributed by atoms with van der Waals surface area (Å²) in [7, 11) is 0. The van der Waals surface area contributed by atoms with Crippen LogP contribution < -0.4 is 10.1 Å². The van der Waals surface area contributed by atoms with Crippen LogP contribution in [0, 0.1) is 12.7 Å². The number of anilines is 1. The van der Waals surface area contributed by atoms with E-state index in [-0.39, 0.29) is 5.56 Å². The number of nitrogens with one attached hydrogen (secondary N) is 1. The second-order valence-electron chi connectivity index (χ2n) is 7.93. The number of nitrogens with zero attached hydrogens (tertiary/aromatic N) is 2. The maximum atomic E-state index is 13.6. The summed E-state index contributed by atoms with van der Waals surface area (Å²) in [5.41, 5.74) is 4.41. The molecule has 2 aromatic heterocycles. The van der Waals surface area contributed by atoms with Crippen LogP contribution in [0.25, 0.3) is 16.9 Å². The summed E-state index contributed by atoms with van der Waals surface area (Å²) in [5.74, 6) is 0.00837. The second-order valence-corrected chi connectivity index (χ2v) is 7.93. The van der Waals surface area contributed by atoms with Gasteiger partial charge in [0.1, 0.15) is 28.7 Å². The number of para-hydroxylation sites is 1. The fraction of sp³-hybridized carbons (Fsp3) is 0.0714. The van der Waals surface area contributed by atoms with E-state index in [0.29, 0.717) is 23.6 Å². The smallest absolute Gasteiger partial charge is 0.343 e. The lowest BCUT2D eigenvalue weighted by molar-refractivity contribution is 0.0735. The summed E-state index contributed by atoms with van der Waals surface area (Å²) in [4.78, 5) is 17.6. The number of imidazole rings is 1. The van der Waals surface area contributed by atoms with E-state index in [1.54, 1.807) is 12.1 Å². The molecule has 168 valence electrons. The van der Waals surface area contributed by atoms with Crippen LogP contribution >= 0.6 is 0 Å². The molecule has 0 fully saturated rings. The molecule has 0 atom stereocenters. The number of esters is 1. The summed E-state index contributed by atoms with van der Waals surface area (Å²) < 4.78 is 21.3. The second kappa shape index (κ2) is 9.19. The maximum Gasteiger partial charge on any atom is 0.343 e. The molecule has 5 aromatic rings. The van der Waals surface area contributed by atoms with Gasteiger partial charge in [0.2, 0.25) is 0 Å². The van der Waals surface area contributed by atoms with Gasteiger partial charge < -0.3 is 10.1 Å². The van der Waals surface area contributed by atoms with Crippen LogP contribution in [0.1, 0.15) is 21.5 Å². The molecule has 0 saturated heterocycles. The number of pyridine rings is 1. The van der Waals surface area contributed by atoms with Crippen molar-refractivity contribution < 1.29 is 13.9 Å². The number of aryl methyl sites for hydroxylation is 1. The molecule has 0 amide bonds. The molecule has 0 unspecified atom stereocenters. The molecule has 1 N–H and O–H groups in total. The first-order valence-electron chi connectivity index (χ1n) is 10.9.